The van der Waals surface area contributed by atoms with Gasteiger partial charge in [0.05, 0.1) is 13.0 Å². The van der Waals surface area contributed by atoms with Crippen LogP contribution in [0.15, 0.2) is 55.2 Å². The van der Waals surface area contributed by atoms with E-state index in [2.05, 4.69) is 19.6 Å². The summed E-state index contributed by atoms with van der Waals surface area (Å²) in [7, 11) is 0. The Labute approximate surface area is 145 Å². The normalized spacial score (nSPS) is 17.1. The molecule has 3 aromatic heterocycles. The van der Waals surface area contributed by atoms with Gasteiger partial charge in [0, 0.05) is 62.2 Å². The summed E-state index contributed by atoms with van der Waals surface area (Å²) in [6.07, 6.45) is 9.56. The number of nitrogens with zero attached hydrogens (tertiary/aromatic N) is 6. The highest BCUT2D eigenvalue weighted by atomic mass is 16.2. The van der Waals surface area contributed by atoms with Crippen molar-refractivity contribution in [3.63, 3.8) is 0 Å². The predicted molar refractivity (Wildman–Crippen MR) is 91.3 cm³/mol. The van der Waals surface area contributed by atoms with E-state index in [1.807, 2.05) is 46.2 Å². The fourth-order valence-electron chi connectivity index (χ4n) is 3.29. The molecule has 0 N–H and O–H groups in total. The van der Waals surface area contributed by atoms with Gasteiger partial charge in [0.25, 0.3) is 0 Å². The van der Waals surface area contributed by atoms with Gasteiger partial charge in [-0.2, -0.15) is 5.10 Å². The van der Waals surface area contributed by atoms with Crippen LogP contribution in [0.3, 0.4) is 0 Å². The summed E-state index contributed by atoms with van der Waals surface area (Å²) >= 11 is 0. The number of pyridine rings is 1. The molecule has 4 rings (SSSR count). The number of amides is 1. The average molecular weight is 336 g/mol. The second-order valence-corrected chi connectivity index (χ2v) is 6.36. The zero-order valence-corrected chi connectivity index (χ0v) is 13.9. The van der Waals surface area contributed by atoms with Crippen LogP contribution in [0.1, 0.15) is 11.5 Å². The van der Waals surface area contributed by atoms with Gasteiger partial charge in [-0.05, 0) is 18.2 Å². The number of hydrogen-bond acceptors (Lipinski definition) is 4. The molecule has 0 spiro atoms. The smallest absolute Gasteiger partial charge is 0.229 e. The van der Waals surface area contributed by atoms with E-state index in [0.29, 0.717) is 19.5 Å². The molecule has 0 saturated carbocycles. The molecular formula is C18H20N6O. The Morgan fingerprint density at radius 3 is 2.84 bits per heavy atom. The third kappa shape index (κ3) is 3.60. The number of carbonyl (C=O) groups is 1. The van der Waals surface area contributed by atoms with Gasteiger partial charge in [0.15, 0.2) is 0 Å². The van der Waals surface area contributed by atoms with E-state index in [9.17, 15) is 4.79 Å². The molecule has 0 bridgehead atoms. The zero-order valence-electron chi connectivity index (χ0n) is 13.9. The minimum Gasteiger partial charge on any atom is -0.334 e. The SMILES string of the molecule is O=C(Cc1ccccn1)N1Cc2nccn2C[C@H](Cn2cccn2)C1. The molecule has 0 fully saturated rings. The Bertz CT molecular complexity index is 826. The number of imidazole rings is 1. The number of aromatic nitrogens is 5. The van der Waals surface area contributed by atoms with Crippen molar-refractivity contribution in [3.05, 3.63) is 66.8 Å². The van der Waals surface area contributed by atoms with E-state index in [4.69, 9.17) is 0 Å². The van der Waals surface area contributed by atoms with E-state index in [0.717, 1.165) is 24.6 Å². The third-order valence-electron chi connectivity index (χ3n) is 4.48. The maximum Gasteiger partial charge on any atom is 0.229 e. The van der Waals surface area contributed by atoms with Crippen LogP contribution in [-0.4, -0.2) is 41.7 Å². The number of carbonyl (C=O) groups excluding carboxylic acids is 1. The molecule has 0 aromatic carbocycles. The van der Waals surface area contributed by atoms with Crippen molar-refractivity contribution >= 4 is 5.91 Å². The number of hydrogen-bond donors (Lipinski definition) is 0. The molecule has 7 heteroatoms. The quantitative estimate of drug-likeness (QED) is 0.722. The molecule has 4 heterocycles. The van der Waals surface area contributed by atoms with Crippen molar-refractivity contribution in [1.82, 2.24) is 29.2 Å². The van der Waals surface area contributed by atoms with E-state index in [1.165, 1.54) is 0 Å². The van der Waals surface area contributed by atoms with Gasteiger partial charge in [-0.3, -0.25) is 14.5 Å². The van der Waals surface area contributed by atoms with Gasteiger partial charge in [0.1, 0.15) is 5.82 Å². The van der Waals surface area contributed by atoms with Crippen molar-refractivity contribution < 1.29 is 4.79 Å². The minimum absolute atomic E-state index is 0.0839. The van der Waals surface area contributed by atoms with Crippen LogP contribution in [0.4, 0.5) is 0 Å². The summed E-state index contributed by atoms with van der Waals surface area (Å²) in [6, 6.07) is 7.57. The van der Waals surface area contributed by atoms with E-state index in [-0.39, 0.29) is 11.8 Å². The Morgan fingerprint density at radius 2 is 2.04 bits per heavy atom. The van der Waals surface area contributed by atoms with Crippen LogP contribution < -0.4 is 0 Å². The lowest BCUT2D eigenvalue weighted by atomic mass is 10.1. The molecule has 0 saturated heterocycles. The summed E-state index contributed by atoms with van der Waals surface area (Å²) in [6.45, 7) is 2.84. The molecule has 1 amide bonds. The second-order valence-electron chi connectivity index (χ2n) is 6.36. The van der Waals surface area contributed by atoms with Crippen molar-refractivity contribution in [2.24, 2.45) is 5.92 Å². The van der Waals surface area contributed by atoms with Crippen molar-refractivity contribution in [2.45, 2.75) is 26.1 Å². The van der Waals surface area contributed by atoms with Crippen molar-refractivity contribution in [1.29, 1.82) is 0 Å². The molecule has 0 unspecified atom stereocenters. The van der Waals surface area contributed by atoms with Gasteiger partial charge in [0.2, 0.25) is 5.91 Å². The summed E-state index contributed by atoms with van der Waals surface area (Å²) in [5, 5.41) is 4.30. The molecule has 1 aliphatic rings. The first-order chi connectivity index (χ1) is 12.3. The van der Waals surface area contributed by atoms with Gasteiger partial charge in [-0.15, -0.1) is 0 Å². The van der Waals surface area contributed by atoms with E-state index >= 15 is 0 Å². The van der Waals surface area contributed by atoms with E-state index < -0.39 is 0 Å². The highest BCUT2D eigenvalue weighted by Crippen LogP contribution is 2.18. The lowest BCUT2D eigenvalue weighted by Gasteiger charge is -2.24. The molecular weight excluding hydrogens is 316 g/mol. The standard InChI is InChI=1S/C18H20N6O/c25-18(10-16-4-1-2-5-19-16)23-12-15(13-24-8-3-6-21-24)11-22-9-7-20-17(22)14-23/h1-9,15H,10-14H2/t15-/m0/s1. The monoisotopic (exact) mass is 336 g/mol. The zero-order chi connectivity index (χ0) is 17.1. The van der Waals surface area contributed by atoms with Crippen molar-refractivity contribution in [3.8, 4) is 0 Å². The molecule has 0 aliphatic carbocycles. The lowest BCUT2D eigenvalue weighted by Crippen LogP contribution is -2.36. The van der Waals surface area contributed by atoms with Crippen LogP contribution in [0, 0.1) is 5.92 Å². The molecule has 128 valence electrons. The first-order valence-corrected chi connectivity index (χ1v) is 8.43. The Balaban J connectivity index is 1.53. The molecule has 3 aromatic rings. The Kier molecular flexibility index (Phi) is 4.28. The van der Waals surface area contributed by atoms with Gasteiger partial charge in [-0.1, -0.05) is 6.07 Å². The minimum atomic E-state index is 0.0839. The molecule has 0 radical (unpaired) electrons. The Hall–Kier alpha value is -2.96. The van der Waals surface area contributed by atoms with E-state index in [1.54, 1.807) is 18.6 Å². The van der Waals surface area contributed by atoms with Gasteiger partial charge in [-0.25, -0.2) is 4.98 Å². The fraction of sp³-hybridized carbons (Fsp3) is 0.333. The number of fused-ring (bicyclic) bond motifs is 1. The molecule has 1 atom stereocenters. The number of rotatable bonds is 4. The molecule has 7 nitrogen and oxygen atoms in total. The highest BCUT2D eigenvalue weighted by molar-refractivity contribution is 5.78. The maximum absolute atomic E-state index is 12.8. The van der Waals surface area contributed by atoms with Crippen molar-refractivity contribution in [2.75, 3.05) is 6.54 Å². The summed E-state index contributed by atoms with van der Waals surface area (Å²) in [4.78, 5) is 23.4. The van der Waals surface area contributed by atoms with Crippen LogP contribution in [0.5, 0.6) is 0 Å². The predicted octanol–water partition coefficient (Wildman–Crippen LogP) is 1.38. The van der Waals surface area contributed by atoms with Gasteiger partial charge >= 0.3 is 0 Å². The first-order valence-electron chi connectivity index (χ1n) is 8.43. The summed E-state index contributed by atoms with van der Waals surface area (Å²) in [5.41, 5.74) is 0.795. The van der Waals surface area contributed by atoms with Crippen LogP contribution in [0.25, 0.3) is 0 Å². The summed E-state index contributed by atoms with van der Waals surface area (Å²) < 4.78 is 4.07. The highest BCUT2D eigenvalue weighted by Gasteiger charge is 2.26. The summed E-state index contributed by atoms with van der Waals surface area (Å²) in [5.74, 6) is 1.29. The third-order valence-corrected chi connectivity index (χ3v) is 4.48. The van der Waals surface area contributed by atoms with Crippen LogP contribution >= 0.6 is 0 Å². The topological polar surface area (TPSA) is 68.8 Å². The lowest BCUT2D eigenvalue weighted by molar-refractivity contribution is -0.131. The van der Waals surface area contributed by atoms with Crippen LogP contribution in [-0.2, 0) is 30.8 Å². The van der Waals surface area contributed by atoms with Crippen LogP contribution in [0.2, 0.25) is 0 Å². The first kappa shape index (κ1) is 15.6. The molecule has 25 heavy (non-hydrogen) atoms. The fourth-order valence-corrected chi connectivity index (χ4v) is 3.29. The maximum atomic E-state index is 12.8. The molecule has 1 aliphatic heterocycles. The average Bonchev–Trinajstić information content (AvgIpc) is 3.24. The second kappa shape index (κ2) is 6.88. The van der Waals surface area contributed by atoms with Gasteiger partial charge < -0.3 is 9.47 Å². The Morgan fingerprint density at radius 1 is 1.08 bits per heavy atom. The largest absolute Gasteiger partial charge is 0.334 e.